The summed E-state index contributed by atoms with van der Waals surface area (Å²) in [6.07, 6.45) is -4.89. The van der Waals surface area contributed by atoms with Crippen LogP contribution in [0.15, 0.2) is 36.4 Å². The molecule has 3 heterocycles. The molecule has 2 aromatic carbocycles. The molecule has 1 fully saturated rings. The van der Waals surface area contributed by atoms with Crippen molar-refractivity contribution < 1.29 is 39.4 Å². The smallest absolute Gasteiger partial charge is 0.231 e. The van der Waals surface area contributed by atoms with Crippen LogP contribution in [0.25, 0.3) is 0 Å². The van der Waals surface area contributed by atoms with Crippen molar-refractivity contribution in [2.75, 3.05) is 13.4 Å². The summed E-state index contributed by atoms with van der Waals surface area (Å²) in [5, 5.41) is 40.6. The van der Waals surface area contributed by atoms with Crippen molar-refractivity contribution in [2.45, 2.75) is 43.2 Å². The molecule has 5 rings (SSSR count). The summed E-state index contributed by atoms with van der Waals surface area (Å²) in [5.74, 6) is -0.208. The SMILES string of the molecule is OC[C@H]1OC2(OCc3ccc(Cc4ccc5c(c4)OCO5)cc32)[C@H](O)[C@@H](O)[C@@H]1O. The standard InChI is InChI=1S/C21H22O8/c22-8-17-18(23)19(24)20(25)21(29-17)14-6-11(1-3-13(14)9-28-21)5-12-2-4-15-16(7-12)27-10-26-15/h1-4,6-7,17-20,22-25H,5,8-10H2/t17-,18-,19+,20-,21?/m1/s1. The van der Waals surface area contributed by atoms with Crippen LogP contribution in [0.3, 0.4) is 0 Å². The van der Waals surface area contributed by atoms with Gasteiger partial charge in [0, 0.05) is 5.56 Å². The first kappa shape index (κ1) is 18.8. The van der Waals surface area contributed by atoms with Gasteiger partial charge in [-0.05, 0) is 41.3 Å². The predicted octanol–water partition coefficient (Wildman–Crippen LogP) is 0.163. The first-order valence-corrected chi connectivity index (χ1v) is 9.49. The summed E-state index contributed by atoms with van der Waals surface area (Å²) >= 11 is 0. The molecular formula is C21H22O8. The zero-order valence-electron chi connectivity index (χ0n) is 15.5. The molecule has 1 spiro atoms. The minimum Gasteiger partial charge on any atom is -0.454 e. The number of hydrogen-bond acceptors (Lipinski definition) is 8. The Morgan fingerprint density at radius 3 is 2.52 bits per heavy atom. The molecule has 5 atom stereocenters. The maximum atomic E-state index is 10.7. The molecule has 0 bridgehead atoms. The zero-order chi connectivity index (χ0) is 20.2. The molecule has 0 aliphatic carbocycles. The average molecular weight is 402 g/mol. The summed E-state index contributed by atoms with van der Waals surface area (Å²) in [5.41, 5.74) is 3.38. The number of ether oxygens (including phenoxy) is 4. The molecule has 3 aliphatic rings. The molecule has 154 valence electrons. The van der Waals surface area contributed by atoms with Gasteiger partial charge in [0.25, 0.3) is 0 Å². The number of fused-ring (bicyclic) bond motifs is 3. The maximum absolute atomic E-state index is 10.7. The van der Waals surface area contributed by atoms with E-state index < -0.39 is 36.8 Å². The van der Waals surface area contributed by atoms with Gasteiger partial charge in [0.15, 0.2) is 11.5 Å². The minimum atomic E-state index is -1.63. The normalized spacial score (nSPS) is 32.6. The van der Waals surface area contributed by atoms with Gasteiger partial charge in [0.05, 0.1) is 13.2 Å². The lowest BCUT2D eigenvalue weighted by Crippen LogP contribution is -2.63. The number of aliphatic hydroxyl groups is 4. The number of hydrogen-bond donors (Lipinski definition) is 4. The van der Waals surface area contributed by atoms with E-state index in [0.717, 1.165) is 22.4 Å². The second kappa shape index (κ2) is 6.94. The van der Waals surface area contributed by atoms with E-state index in [1.165, 1.54) is 0 Å². The molecule has 0 aromatic heterocycles. The molecule has 0 amide bonds. The summed E-state index contributed by atoms with van der Waals surface area (Å²) in [6.45, 7) is -0.104. The van der Waals surface area contributed by atoms with Gasteiger partial charge in [-0.1, -0.05) is 18.2 Å². The molecule has 8 heteroatoms. The monoisotopic (exact) mass is 402 g/mol. The lowest BCUT2D eigenvalue weighted by molar-refractivity contribution is -0.368. The first-order valence-electron chi connectivity index (χ1n) is 9.49. The van der Waals surface area contributed by atoms with E-state index in [2.05, 4.69) is 0 Å². The predicted molar refractivity (Wildman–Crippen MR) is 98.3 cm³/mol. The highest BCUT2D eigenvalue weighted by Crippen LogP contribution is 2.46. The van der Waals surface area contributed by atoms with Crippen LogP contribution in [-0.4, -0.2) is 58.2 Å². The van der Waals surface area contributed by atoms with Gasteiger partial charge in [-0.15, -0.1) is 0 Å². The number of rotatable bonds is 3. The molecule has 8 nitrogen and oxygen atoms in total. The van der Waals surface area contributed by atoms with Crippen LogP contribution in [-0.2, 0) is 28.3 Å². The summed E-state index contributed by atoms with van der Waals surface area (Å²) in [6, 6.07) is 11.5. The maximum Gasteiger partial charge on any atom is 0.231 e. The lowest BCUT2D eigenvalue weighted by Gasteiger charge is -2.46. The van der Waals surface area contributed by atoms with E-state index in [-0.39, 0.29) is 13.4 Å². The van der Waals surface area contributed by atoms with E-state index in [0.29, 0.717) is 17.7 Å². The quantitative estimate of drug-likeness (QED) is 0.574. The van der Waals surface area contributed by atoms with Crippen LogP contribution >= 0.6 is 0 Å². The molecule has 4 N–H and O–H groups in total. The summed E-state index contributed by atoms with van der Waals surface area (Å²) < 4.78 is 22.4. The fourth-order valence-electron chi connectivity index (χ4n) is 4.22. The largest absolute Gasteiger partial charge is 0.454 e. The Morgan fingerprint density at radius 2 is 1.69 bits per heavy atom. The second-order valence-corrected chi connectivity index (χ2v) is 7.58. The van der Waals surface area contributed by atoms with Gasteiger partial charge in [-0.25, -0.2) is 0 Å². The van der Waals surface area contributed by atoms with Crippen molar-refractivity contribution in [1.82, 2.24) is 0 Å². The average Bonchev–Trinajstić information content (AvgIpc) is 3.34. The van der Waals surface area contributed by atoms with Crippen molar-refractivity contribution in [1.29, 1.82) is 0 Å². The Hall–Kier alpha value is -2.20. The summed E-state index contributed by atoms with van der Waals surface area (Å²) in [4.78, 5) is 0. The van der Waals surface area contributed by atoms with Gasteiger partial charge in [0.2, 0.25) is 12.6 Å². The molecule has 2 aromatic rings. The highest BCUT2D eigenvalue weighted by Gasteiger charge is 2.58. The molecule has 0 radical (unpaired) electrons. The van der Waals surface area contributed by atoms with Crippen LogP contribution in [0, 0.1) is 0 Å². The zero-order valence-corrected chi connectivity index (χ0v) is 15.5. The lowest BCUT2D eigenvalue weighted by atomic mass is 9.86. The molecule has 0 saturated carbocycles. The van der Waals surface area contributed by atoms with E-state index in [1.54, 1.807) is 0 Å². The van der Waals surface area contributed by atoms with Crippen LogP contribution in [0.1, 0.15) is 22.3 Å². The molecule has 29 heavy (non-hydrogen) atoms. The van der Waals surface area contributed by atoms with Crippen molar-refractivity contribution in [3.8, 4) is 11.5 Å². The van der Waals surface area contributed by atoms with Gasteiger partial charge in [-0.3, -0.25) is 0 Å². The van der Waals surface area contributed by atoms with E-state index in [1.807, 2.05) is 36.4 Å². The van der Waals surface area contributed by atoms with Crippen LogP contribution < -0.4 is 9.47 Å². The Bertz CT molecular complexity index is 929. The fourth-order valence-corrected chi connectivity index (χ4v) is 4.22. The van der Waals surface area contributed by atoms with E-state index in [4.69, 9.17) is 18.9 Å². The van der Waals surface area contributed by atoms with Gasteiger partial charge >= 0.3 is 0 Å². The molecule has 1 unspecified atom stereocenters. The Kier molecular flexibility index (Phi) is 4.50. The Balaban J connectivity index is 1.48. The van der Waals surface area contributed by atoms with Crippen molar-refractivity contribution in [3.63, 3.8) is 0 Å². The molecule has 1 saturated heterocycles. The van der Waals surface area contributed by atoms with Crippen LogP contribution in [0.5, 0.6) is 11.5 Å². The second-order valence-electron chi connectivity index (χ2n) is 7.58. The molecular weight excluding hydrogens is 380 g/mol. The van der Waals surface area contributed by atoms with E-state index in [9.17, 15) is 20.4 Å². The van der Waals surface area contributed by atoms with Crippen LogP contribution in [0.2, 0.25) is 0 Å². The van der Waals surface area contributed by atoms with Gasteiger partial charge < -0.3 is 39.4 Å². The van der Waals surface area contributed by atoms with Gasteiger partial charge in [-0.2, -0.15) is 0 Å². The van der Waals surface area contributed by atoms with Gasteiger partial charge in [0.1, 0.15) is 24.4 Å². The number of benzene rings is 2. The van der Waals surface area contributed by atoms with Crippen molar-refractivity contribution in [2.24, 2.45) is 0 Å². The topological polar surface area (TPSA) is 118 Å². The third kappa shape index (κ3) is 2.92. The van der Waals surface area contributed by atoms with Crippen molar-refractivity contribution >= 4 is 0 Å². The van der Waals surface area contributed by atoms with Crippen LogP contribution in [0.4, 0.5) is 0 Å². The highest BCUT2D eigenvalue weighted by atomic mass is 16.7. The Labute approximate surface area is 166 Å². The third-order valence-electron chi connectivity index (χ3n) is 5.79. The number of aliphatic hydroxyl groups excluding tert-OH is 4. The highest BCUT2D eigenvalue weighted by molar-refractivity contribution is 5.47. The third-order valence-corrected chi connectivity index (χ3v) is 5.79. The van der Waals surface area contributed by atoms with E-state index >= 15 is 0 Å². The summed E-state index contributed by atoms with van der Waals surface area (Å²) in [7, 11) is 0. The molecule has 3 aliphatic heterocycles. The minimum absolute atomic E-state index is 0.192. The van der Waals surface area contributed by atoms with Crippen molar-refractivity contribution in [3.05, 3.63) is 58.7 Å². The first-order chi connectivity index (χ1) is 14.0. The Morgan fingerprint density at radius 1 is 0.931 bits per heavy atom. The fraction of sp³-hybridized carbons (Fsp3) is 0.429.